The molecule has 9 nitrogen and oxygen atoms in total. The number of carbonyl (C=O) groups is 5. The number of fused-ring (bicyclic) bond motifs is 1. The molecule has 0 aliphatic carbocycles. The third kappa shape index (κ3) is 3.99. The van der Waals surface area contributed by atoms with Crippen LogP contribution in [0.15, 0.2) is 18.2 Å². The van der Waals surface area contributed by atoms with Gasteiger partial charge in [0.1, 0.15) is 11.6 Å². The van der Waals surface area contributed by atoms with Crippen LogP contribution in [-0.4, -0.2) is 57.7 Å². The first kappa shape index (κ1) is 22.0. The number of hydrogen-bond acceptors (Lipinski definition) is 6. The van der Waals surface area contributed by atoms with Crippen LogP contribution in [0.3, 0.4) is 0 Å². The Kier molecular flexibility index (Phi) is 5.52. The molecule has 0 bridgehead atoms. The summed E-state index contributed by atoms with van der Waals surface area (Å²) >= 11 is 0. The van der Waals surface area contributed by atoms with Crippen LogP contribution in [0.5, 0.6) is 0 Å². The van der Waals surface area contributed by atoms with E-state index in [4.69, 9.17) is 4.74 Å². The van der Waals surface area contributed by atoms with E-state index in [1.807, 2.05) is 20.8 Å². The van der Waals surface area contributed by atoms with Crippen LogP contribution in [-0.2, 0) is 14.3 Å². The lowest BCUT2D eigenvalue weighted by Gasteiger charge is -2.37. The van der Waals surface area contributed by atoms with Crippen LogP contribution in [0.1, 0.15) is 85.2 Å². The predicted octanol–water partition coefficient (Wildman–Crippen LogP) is 2.55. The van der Waals surface area contributed by atoms with Gasteiger partial charge in [-0.25, -0.2) is 4.79 Å². The molecule has 2 unspecified atom stereocenters. The molecule has 3 aliphatic heterocycles. The molecule has 0 saturated carbocycles. The minimum absolute atomic E-state index is 0.0714. The number of nitrogens with one attached hydrogen (secondary N) is 1. The SMILES string of the molecule is CC(C)(C)OC(=O)N1CCCCC1c1ccc2c(c1)C(=O)N(C1CCC(=O)NC1=O)C2=O. The summed E-state index contributed by atoms with van der Waals surface area (Å²) < 4.78 is 5.56. The normalized spacial score (nSPS) is 23.8. The molecule has 4 rings (SSSR count). The van der Waals surface area contributed by atoms with Gasteiger partial charge in [-0.3, -0.25) is 29.4 Å². The lowest BCUT2D eigenvalue weighted by molar-refractivity contribution is -0.136. The van der Waals surface area contributed by atoms with Crippen molar-refractivity contribution in [2.24, 2.45) is 0 Å². The van der Waals surface area contributed by atoms with Crippen molar-refractivity contribution in [1.82, 2.24) is 15.1 Å². The molecule has 32 heavy (non-hydrogen) atoms. The monoisotopic (exact) mass is 441 g/mol. The molecule has 1 aromatic rings. The minimum atomic E-state index is -1.00. The minimum Gasteiger partial charge on any atom is -0.444 e. The molecule has 2 saturated heterocycles. The van der Waals surface area contributed by atoms with Gasteiger partial charge in [0.15, 0.2) is 0 Å². The van der Waals surface area contributed by atoms with Crippen molar-refractivity contribution in [1.29, 1.82) is 0 Å². The first-order valence-corrected chi connectivity index (χ1v) is 10.9. The summed E-state index contributed by atoms with van der Waals surface area (Å²) in [5.41, 5.74) is 0.567. The second-order valence-corrected chi connectivity index (χ2v) is 9.44. The Morgan fingerprint density at radius 3 is 2.41 bits per heavy atom. The number of ether oxygens (including phenoxy) is 1. The maximum Gasteiger partial charge on any atom is 0.410 e. The van der Waals surface area contributed by atoms with Crippen molar-refractivity contribution < 1.29 is 28.7 Å². The molecule has 9 heteroatoms. The zero-order valence-corrected chi connectivity index (χ0v) is 18.5. The zero-order chi connectivity index (χ0) is 23.2. The summed E-state index contributed by atoms with van der Waals surface area (Å²) in [4.78, 5) is 65.1. The van der Waals surface area contributed by atoms with Crippen molar-refractivity contribution in [2.75, 3.05) is 6.54 Å². The summed E-state index contributed by atoms with van der Waals surface area (Å²) in [6.45, 7) is 5.99. The molecule has 5 amide bonds. The highest BCUT2D eigenvalue weighted by atomic mass is 16.6. The van der Waals surface area contributed by atoms with Gasteiger partial charge in [0.25, 0.3) is 11.8 Å². The second kappa shape index (κ2) is 8.03. The van der Waals surface area contributed by atoms with Gasteiger partial charge in [-0.05, 0) is 64.2 Å². The van der Waals surface area contributed by atoms with E-state index in [1.54, 1.807) is 23.1 Å². The van der Waals surface area contributed by atoms with E-state index >= 15 is 0 Å². The van der Waals surface area contributed by atoms with Crippen molar-refractivity contribution >= 4 is 29.7 Å². The van der Waals surface area contributed by atoms with E-state index < -0.39 is 41.4 Å². The molecular formula is C23H27N3O6. The van der Waals surface area contributed by atoms with Crippen LogP contribution < -0.4 is 5.32 Å². The lowest BCUT2D eigenvalue weighted by Crippen LogP contribution is -2.54. The largest absolute Gasteiger partial charge is 0.444 e. The Hall–Kier alpha value is -3.23. The van der Waals surface area contributed by atoms with Crippen LogP contribution in [0.25, 0.3) is 0 Å². The fourth-order valence-electron chi connectivity index (χ4n) is 4.51. The predicted molar refractivity (Wildman–Crippen MR) is 113 cm³/mol. The van der Waals surface area contributed by atoms with E-state index in [2.05, 4.69) is 5.32 Å². The first-order valence-electron chi connectivity index (χ1n) is 10.9. The maximum atomic E-state index is 13.1. The van der Waals surface area contributed by atoms with Gasteiger partial charge in [-0.1, -0.05) is 6.07 Å². The molecule has 3 aliphatic rings. The Bertz CT molecular complexity index is 1010. The molecule has 3 heterocycles. The average molecular weight is 441 g/mol. The second-order valence-electron chi connectivity index (χ2n) is 9.44. The van der Waals surface area contributed by atoms with Crippen LogP contribution in [0, 0.1) is 0 Å². The van der Waals surface area contributed by atoms with E-state index in [0.29, 0.717) is 6.54 Å². The number of imide groups is 2. The molecule has 1 aromatic carbocycles. The smallest absolute Gasteiger partial charge is 0.410 e. The fourth-order valence-corrected chi connectivity index (χ4v) is 4.51. The summed E-state index contributed by atoms with van der Waals surface area (Å²) in [7, 11) is 0. The Morgan fingerprint density at radius 2 is 1.72 bits per heavy atom. The van der Waals surface area contributed by atoms with E-state index in [0.717, 1.165) is 29.7 Å². The molecule has 2 atom stereocenters. The number of piperidine rings is 2. The summed E-state index contributed by atoms with van der Waals surface area (Å²) in [6, 6.07) is 3.71. The van der Waals surface area contributed by atoms with Gasteiger partial charge >= 0.3 is 6.09 Å². The van der Waals surface area contributed by atoms with Crippen LogP contribution in [0.2, 0.25) is 0 Å². The molecule has 0 radical (unpaired) electrons. The van der Waals surface area contributed by atoms with E-state index in [1.165, 1.54) is 0 Å². The Labute approximate surface area is 186 Å². The van der Waals surface area contributed by atoms with Gasteiger partial charge in [0.05, 0.1) is 17.2 Å². The van der Waals surface area contributed by atoms with Crippen molar-refractivity contribution in [2.45, 2.75) is 70.6 Å². The number of nitrogens with zero attached hydrogens (tertiary/aromatic N) is 2. The van der Waals surface area contributed by atoms with Crippen LogP contribution >= 0.6 is 0 Å². The number of hydrogen-bond donors (Lipinski definition) is 1. The van der Waals surface area contributed by atoms with Crippen LogP contribution in [0.4, 0.5) is 4.79 Å². The molecule has 1 N–H and O–H groups in total. The topological polar surface area (TPSA) is 113 Å². The van der Waals surface area contributed by atoms with Gasteiger partial charge < -0.3 is 9.64 Å². The third-order valence-electron chi connectivity index (χ3n) is 5.98. The third-order valence-corrected chi connectivity index (χ3v) is 5.98. The highest BCUT2D eigenvalue weighted by Crippen LogP contribution is 2.35. The fraction of sp³-hybridized carbons (Fsp3) is 0.522. The van der Waals surface area contributed by atoms with Crippen molar-refractivity contribution in [3.05, 3.63) is 34.9 Å². The van der Waals surface area contributed by atoms with Gasteiger partial charge in [0, 0.05) is 13.0 Å². The van der Waals surface area contributed by atoms with E-state index in [-0.39, 0.29) is 30.0 Å². The molecule has 0 spiro atoms. The number of likely N-dealkylation sites (tertiary alicyclic amines) is 1. The summed E-state index contributed by atoms with van der Waals surface area (Å²) in [5, 5.41) is 2.19. The van der Waals surface area contributed by atoms with Crippen molar-refractivity contribution in [3.8, 4) is 0 Å². The summed E-state index contributed by atoms with van der Waals surface area (Å²) in [6.07, 6.45) is 2.28. The van der Waals surface area contributed by atoms with Gasteiger partial charge in [-0.15, -0.1) is 0 Å². The number of benzene rings is 1. The van der Waals surface area contributed by atoms with Crippen molar-refractivity contribution in [3.63, 3.8) is 0 Å². The molecule has 2 fully saturated rings. The lowest BCUT2D eigenvalue weighted by atomic mass is 9.93. The Balaban J connectivity index is 1.61. The number of amides is 5. The summed E-state index contributed by atoms with van der Waals surface area (Å²) in [5.74, 6) is -2.15. The molecular weight excluding hydrogens is 414 g/mol. The number of carbonyl (C=O) groups excluding carboxylic acids is 5. The Morgan fingerprint density at radius 1 is 1.00 bits per heavy atom. The molecule has 170 valence electrons. The standard InChI is InChI=1S/C23H27N3O6/c1-23(2,3)32-22(31)25-11-5-4-6-16(25)13-7-8-14-15(12-13)21(30)26(20(14)29)17-9-10-18(27)24-19(17)28/h7-8,12,16-17H,4-6,9-11H2,1-3H3,(H,24,27,28). The van der Waals surface area contributed by atoms with Gasteiger partial charge in [-0.2, -0.15) is 0 Å². The highest BCUT2D eigenvalue weighted by molar-refractivity contribution is 6.23. The van der Waals surface area contributed by atoms with E-state index in [9.17, 15) is 24.0 Å². The first-order chi connectivity index (χ1) is 15.1. The molecule has 0 aromatic heterocycles. The van der Waals surface area contributed by atoms with Gasteiger partial charge in [0.2, 0.25) is 11.8 Å². The average Bonchev–Trinajstić information content (AvgIpc) is 2.97. The zero-order valence-electron chi connectivity index (χ0n) is 18.5. The highest BCUT2D eigenvalue weighted by Gasteiger charge is 2.45. The number of rotatable bonds is 2. The quantitative estimate of drug-likeness (QED) is 0.706. The maximum absolute atomic E-state index is 13.1.